The summed E-state index contributed by atoms with van der Waals surface area (Å²) in [7, 11) is -3.97. The number of carbonyl (C=O) groups is 1. The third kappa shape index (κ3) is 4.17. The zero-order chi connectivity index (χ0) is 22.9. The lowest BCUT2D eigenvalue weighted by Crippen LogP contribution is -2.08. The highest BCUT2D eigenvalue weighted by Gasteiger charge is 2.31. The molecular formula is C25H22N2O3S2. The van der Waals surface area contributed by atoms with E-state index in [1.807, 2.05) is 56.3 Å². The highest BCUT2D eigenvalue weighted by atomic mass is 32.2. The van der Waals surface area contributed by atoms with Crippen molar-refractivity contribution in [3.05, 3.63) is 100 Å². The molecule has 1 aromatic heterocycles. The summed E-state index contributed by atoms with van der Waals surface area (Å²) in [5.41, 5.74) is 9.43. The highest BCUT2D eigenvalue weighted by molar-refractivity contribution is 7.92. The van der Waals surface area contributed by atoms with E-state index in [0.717, 1.165) is 22.5 Å². The number of sulfone groups is 1. The van der Waals surface area contributed by atoms with Crippen LogP contribution in [0.2, 0.25) is 0 Å². The van der Waals surface area contributed by atoms with Gasteiger partial charge >= 0.3 is 0 Å². The minimum Gasteiger partial charge on any atom is -0.396 e. The molecule has 0 fully saturated rings. The van der Waals surface area contributed by atoms with Crippen LogP contribution >= 0.6 is 11.3 Å². The van der Waals surface area contributed by atoms with Crippen LogP contribution in [0.25, 0.3) is 0 Å². The number of anilines is 3. The standard InChI is InChI=1S/C25H22N2O3S2/c1-16-8-12-18(13-9-16)22(28)23-21(26)24(25(31-23)27-19-6-4-3-5-7-19)32(29,30)20-14-10-17(2)11-15-20/h3-15,27H,26H2,1-2H3. The smallest absolute Gasteiger partial charge is 0.211 e. The quantitative estimate of drug-likeness (QED) is 0.356. The van der Waals surface area contributed by atoms with Crippen LogP contribution in [0.15, 0.2) is 88.7 Å². The number of nitrogens with two attached hydrogens (primary N) is 1. The van der Waals surface area contributed by atoms with Gasteiger partial charge in [0.25, 0.3) is 0 Å². The van der Waals surface area contributed by atoms with Crippen molar-refractivity contribution in [1.82, 2.24) is 0 Å². The second-order valence-electron chi connectivity index (χ2n) is 7.51. The van der Waals surface area contributed by atoms with Crippen molar-refractivity contribution in [2.75, 3.05) is 11.1 Å². The van der Waals surface area contributed by atoms with E-state index in [0.29, 0.717) is 16.3 Å². The van der Waals surface area contributed by atoms with Crippen LogP contribution in [0.1, 0.15) is 26.4 Å². The van der Waals surface area contributed by atoms with Crippen LogP contribution in [-0.4, -0.2) is 14.2 Å². The van der Waals surface area contributed by atoms with Crippen LogP contribution in [-0.2, 0) is 9.84 Å². The number of ketones is 1. The van der Waals surface area contributed by atoms with Gasteiger partial charge in [-0.3, -0.25) is 4.79 Å². The molecule has 0 bridgehead atoms. The number of hydrogen-bond acceptors (Lipinski definition) is 6. The highest BCUT2D eigenvalue weighted by Crippen LogP contribution is 2.44. The maximum absolute atomic E-state index is 13.6. The molecule has 0 unspecified atom stereocenters. The Labute approximate surface area is 191 Å². The van der Waals surface area contributed by atoms with Gasteiger partial charge in [-0.05, 0) is 38.1 Å². The molecule has 3 N–H and O–H groups in total. The number of aryl methyl sites for hydroxylation is 2. The molecule has 0 amide bonds. The van der Waals surface area contributed by atoms with Crippen molar-refractivity contribution in [1.29, 1.82) is 0 Å². The monoisotopic (exact) mass is 462 g/mol. The summed E-state index contributed by atoms with van der Waals surface area (Å²) in [5.74, 6) is -0.311. The minimum atomic E-state index is -3.97. The van der Waals surface area contributed by atoms with Crippen LogP contribution in [0, 0.1) is 13.8 Å². The van der Waals surface area contributed by atoms with Crippen molar-refractivity contribution < 1.29 is 13.2 Å². The number of hydrogen-bond donors (Lipinski definition) is 2. The van der Waals surface area contributed by atoms with Gasteiger partial charge in [0.15, 0.2) is 0 Å². The number of thiophene rings is 1. The Bertz CT molecular complexity index is 1370. The summed E-state index contributed by atoms with van der Waals surface area (Å²) >= 11 is 1.05. The van der Waals surface area contributed by atoms with Gasteiger partial charge < -0.3 is 11.1 Å². The molecular weight excluding hydrogens is 440 g/mol. The van der Waals surface area contributed by atoms with E-state index >= 15 is 0 Å². The van der Waals surface area contributed by atoms with Crippen molar-refractivity contribution in [3.63, 3.8) is 0 Å². The molecule has 162 valence electrons. The van der Waals surface area contributed by atoms with Crippen molar-refractivity contribution >= 4 is 43.3 Å². The molecule has 3 aromatic carbocycles. The number of nitrogens with one attached hydrogen (secondary N) is 1. The fourth-order valence-corrected chi connectivity index (χ4v) is 6.20. The van der Waals surface area contributed by atoms with E-state index in [1.165, 1.54) is 0 Å². The average molecular weight is 463 g/mol. The van der Waals surface area contributed by atoms with Crippen molar-refractivity contribution in [2.45, 2.75) is 23.6 Å². The molecule has 32 heavy (non-hydrogen) atoms. The Morgan fingerprint density at radius 1 is 0.844 bits per heavy atom. The summed E-state index contributed by atoms with van der Waals surface area (Å²) in [4.78, 5) is 13.5. The largest absolute Gasteiger partial charge is 0.396 e. The first-order chi connectivity index (χ1) is 15.3. The molecule has 0 aliphatic heterocycles. The fourth-order valence-electron chi connectivity index (χ4n) is 3.27. The molecule has 4 rings (SSSR count). The summed E-state index contributed by atoms with van der Waals surface area (Å²) in [5, 5.41) is 3.45. The fraction of sp³-hybridized carbons (Fsp3) is 0.0800. The number of nitrogen functional groups attached to an aromatic ring is 1. The summed E-state index contributed by atoms with van der Waals surface area (Å²) in [6, 6.07) is 22.9. The average Bonchev–Trinajstić information content (AvgIpc) is 3.11. The first kappa shape index (κ1) is 21.8. The predicted molar refractivity (Wildman–Crippen MR) is 130 cm³/mol. The van der Waals surface area contributed by atoms with E-state index in [1.54, 1.807) is 36.4 Å². The second kappa shape index (κ2) is 8.61. The number of carbonyl (C=O) groups excluding carboxylic acids is 1. The Morgan fingerprint density at radius 2 is 1.41 bits per heavy atom. The molecule has 0 saturated heterocycles. The number of rotatable bonds is 6. The Morgan fingerprint density at radius 3 is 2.00 bits per heavy atom. The molecule has 0 aliphatic carbocycles. The van der Waals surface area contributed by atoms with Crippen LogP contribution < -0.4 is 11.1 Å². The van der Waals surface area contributed by atoms with Gasteiger partial charge in [-0.1, -0.05) is 65.7 Å². The first-order valence-electron chi connectivity index (χ1n) is 9.95. The molecule has 0 atom stereocenters. The van der Waals surface area contributed by atoms with E-state index in [-0.39, 0.29) is 26.1 Å². The van der Waals surface area contributed by atoms with Crippen LogP contribution in [0.4, 0.5) is 16.4 Å². The summed E-state index contributed by atoms with van der Waals surface area (Å²) in [6.45, 7) is 3.82. The van der Waals surface area contributed by atoms with Crippen LogP contribution in [0.5, 0.6) is 0 Å². The van der Waals surface area contributed by atoms with Gasteiger partial charge in [0.2, 0.25) is 15.6 Å². The lowest BCUT2D eigenvalue weighted by molar-refractivity contribution is 0.104. The lowest BCUT2D eigenvalue weighted by atomic mass is 10.1. The molecule has 7 heteroatoms. The van der Waals surface area contributed by atoms with E-state index in [4.69, 9.17) is 5.73 Å². The van der Waals surface area contributed by atoms with Crippen LogP contribution in [0.3, 0.4) is 0 Å². The zero-order valence-electron chi connectivity index (χ0n) is 17.6. The third-order valence-electron chi connectivity index (χ3n) is 5.05. The molecule has 0 aliphatic rings. The normalized spacial score (nSPS) is 11.3. The molecule has 0 spiro atoms. The van der Waals surface area contributed by atoms with Gasteiger partial charge in [0.05, 0.1) is 10.6 Å². The van der Waals surface area contributed by atoms with Gasteiger partial charge in [0, 0.05) is 11.3 Å². The lowest BCUT2D eigenvalue weighted by Gasteiger charge is -2.10. The van der Waals surface area contributed by atoms with Crippen molar-refractivity contribution in [2.24, 2.45) is 0 Å². The molecule has 1 heterocycles. The van der Waals surface area contributed by atoms with E-state index in [2.05, 4.69) is 5.32 Å². The predicted octanol–water partition coefficient (Wildman–Crippen LogP) is 5.75. The van der Waals surface area contributed by atoms with E-state index < -0.39 is 9.84 Å². The van der Waals surface area contributed by atoms with Gasteiger partial charge in [-0.2, -0.15) is 0 Å². The Balaban J connectivity index is 1.87. The number of para-hydroxylation sites is 1. The summed E-state index contributed by atoms with van der Waals surface area (Å²) in [6.07, 6.45) is 0. The summed E-state index contributed by atoms with van der Waals surface area (Å²) < 4.78 is 27.1. The molecule has 5 nitrogen and oxygen atoms in total. The van der Waals surface area contributed by atoms with E-state index in [9.17, 15) is 13.2 Å². The number of benzene rings is 3. The third-order valence-corrected chi connectivity index (χ3v) is 8.15. The molecule has 4 aromatic rings. The molecule has 0 radical (unpaired) electrons. The van der Waals surface area contributed by atoms with Crippen molar-refractivity contribution in [3.8, 4) is 0 Å². The zero-order valence-corrected chi connectivity index (χ0v) is 19.3. The first-order valence-corrected chi connectivity index (χ1v) is 12.2. The van der Waals surface area contributed by atoms with Gasteiger partial charge in [0.1, 0.15) is 14.8 Å². The maximum Gasteiger partial charge on any atom is 0.211 e. The molecule has 0 saturated carbocycles. The maximum atomic E-state index is 13.6. The minimum absolute atomic E-state index is 0.0421. The Hall–Kier alpha value is -3.42. The van der Waals surface area contributed by atoms with Gasteiger partial charge in [-0.25, -0.2) is 8.42 Å². The van der Waals surface area contributed by atoms with Gasteiger partial charge in [-0.15, -0.1) is 11.3 Å². The SMILES string of the molecule is Cc1ccc(C(=O)c2sc(Nc3ccccc3)c(S(=O)(=O)c3ccc(C)cc3)c2N)cc1. The topological polar surface area (TPSA) is 89.3 Å². The Kier molecular flexibility index (Phi) is 5.86. The second-order valence-corrected chi connectivity index (χ2v) is 10.4.